The molecule has 0 saturated heterocycles. The Hall–Kier alpha value is -6.50. The molecule has 4 heterocycles. The third-order valence-electron chi connectivity index (χ3n) is 10.3. The number of aromatic nitrogens is 2. The summed E-state index contributed by atoms with van der Waals surface area (Å²) in [5.41, 5.74) is 5.98. The van der Waals surface area contributed by atoms with Gasteiger partial charge in [-0.05, 0) is 121 Å². The number of carbonyl (C=O) groups excluding carboxylic acids is 2. The van der Waals surface area contributed by atoms with Crippen molar-refractivity contribution in [3.8, 4) is 22.3 Å². The van der Waals surface area contributed by atoms with Crippen molar-refractivity contribution in [2.24, 2.45) is 0 Å². The van der Waals surface area contributed by atoms with Crippen molar-refractivity contribution in [1.82, 2.24) is 8.80 Å². The predicted octanol–water partition coefficient (Wildman–Crippen LogP) is 7.31. The Morgan fingerprint density at radius 2 is 1.28 bits per heavy atom. The molecule has 0 spiro atoms. The Morgan fingerprint density at radius 1 is 0.722 bits per heavy atom. The van der Waals surface area contributed by atoms with Gasteiger partial charge in [-0.3, -0.25) is 18.4 Å². The molecule has 272 valence electrons. The Morgan fingerprint density at radius 3 is 1.83 bits per heavy atom. The van der Waals surface area contributed by atoms with Crippen LogP contribution in [-0.4, -0.2) is 31.8 Å². The van der Waals surface area contributed by atoms with Crippen LogP contribution >= 0.6 is 0 Å². The fourth-order valence-electron chi connectivity index (χ4n) is 7.34. The quantitative estimate of drug-likeness (QED) is 0.0986. The molecule has 2 aliphatic rings. The van der Waals surface area contributed by atoms with Crippen LogP contribution in [0.15, 0.2) is 76.6 Å². The Bertz CT molecular complexity index is 2780. The number of anilines is 1. The molecule has 0 atom stereocenters. The van der Waals surface area contributed by atoms with E-state index >= 15 is 4.39 Å². The lowest BCUT2D eigenvalue weighted by molar-refractivity contribution is 0.0394. The third-order valence-corrected chi connectivity index (χ3v) is 10.3. The van der Waals surface area contributed by atoms with E-state index in [0.29, 0.717) is 29.5 Å². The van der Waals surface area contributed by atoms with Gasteiger partial charge in [-0.15, -0.1) is 0 Å². The van der Waals surface area contributed by atoms with E-state index in [4.69, 9.17) is 10.5 Å². The van der Waals surface area contributed by atoms with Crippen LogP contribution in [0.25, 0.3) is 33.3 Å². The monoisotopic (exact) mass is 733 g/mol. The summed E-state index contributed by atoms with van der Waals surface area (Å²) in [6, 6.07) is 12.2. The van der Waals surface area contributed by atoms with Crippen LogP contribution in [0.1, 0.15) is 90.8 Å². The van der Waals surface area contributed by atoms with Gasteiger partial charge in [0.15, 0.2) is 0 Å². The lowest BCUT2D eigenvalue weighted by Crippen LogP contribution is -2.29. The van der Waals surface area contributed by atoms with E-state index in [1.54, 1.807) is 18.2 Å². The number of halogens is 3. The SMILES string of the molecule is Cc1c(-c2ccc(C(=O)O)cc2)ccn2c(=O)c(C(=O)OC(=O)c3cc(C4CC4)c4c(C)c(-c5cc(F)c(N)cc5F)c(F)cn4c3=O)cc(C3CC3)c12. The van der Waals surface area contributed by atoms with Gasteiger partial charge in [0.1, 0.15) is 28.6 Å². The van der Waals surface area contributed by atoms with Gasteiger partial charge in [0.25, 0.3) is 11.1 Å². The lowest BCUT2D eigenvalue weighted by Gasteiger charge is -2.17. The molecular weight excluding hydrogens is 703 g/mol. The summed E-state index contributed by atoms with van der Waals surface area (Å²) in [7, 11) is 0. The zero-order chi connectivity index (χ0) is 38.3. The molecule has 10 nitrogen and oxygen atoms in total. The first-order valence-corrected chi connectivity index (χ1v) is 17.2. The van der Waals surface area contributed by atoms with Gasteiger partial charge in [-0.1, -0.05) is 12.1 Å². The number of nitrogens with two attached hydrogens (primary N) is 1. The first-order valence-electron chi connectivity index (χ1n) is 17.2. The smallest absolute Gasteiger partial charge is 0.351 e. The molecule has 0 radical (unpaired) electrons. The number of fused-ring (bicyclic) bond motifs is 2. The molecule has 0 aliphatic heterocycles. The normalized spacial score (nSPS) is 14.1. The molecular formula is C41H30F3N3O7. The van der Waals surface area contributed by atoms with Crippen molar-refractivity contribution >= 4 is 34.6 Å². The van der Waals surface area contributed by atoms with Gasteiger partial charge < -0.3 is 15.6 Å². The summed E-state index contributed by atoms with van der Waals surface area (Å²) in [5, 5.41) is 9.30. The van der Waals surface area contributed by atoms with E-state index in [2.05, 4.69) is 0 Å². The second kappa shape index (κ2) is 12.6. The number of hydrogen-bond acceptors (Lipinski definition) is 7. The van der Waals surface area contributed by atoms with Crippen molar-refractivity contribution < 1.29 is 37.4 Å². The molecule has 13 heteroatoms. The number of carboxylic acids is 1. The van der Waals surface area contributed by atoms with E-state index in [1.807, 2.05) is 6.92 Å². The highest BCUT2D eigenvalue weighted by atomic mass is 19.1. The standard InChI is InChI=1S/C41H30F3N3O7/c1-18-24(20-7-9-23(10-8-20)39(50)51)11-12-46-35(18)25(21-3-4-21)13-28(37(46)48)40(52)54-41(53)29-14-26(22-5-6-22)36-19(2)34(32(44)17-47(36)38(29)49)27-15-31(43)33(45)16-30(27)42/h7-17,21-22H,3-6,45H2,1-2H3,(H,50,51). The predicted molar refractivity (Wildman–Crippen MR) is 193 cm³/mol. The van der Waals surface area contributed by atoms with Crippen LogP contribution in [-0.2, 0) is 4.74 Å². The number of nitrogens with zero attached hydrogens (tertiary/aromatic N) is 2. The number of rotatable bonds is 7. The minimum absolute atomic E-state index is 0.0265. The third kappa shape index (κ3) is 5.63. The average molecular weight is 734 g/mol. The first-order chi connectivity index (χ1) is 25.7. The van der Waals surface area contributed by atoms with Crippen molar-refractivity contribution in [2.45, 2.75) is 51.4 Å². The van der Waals surface area contributed by atoms with Crippen LogP contribution in [0.3, 0.4) is 0 Å². The number of carbonyl (C=O) groups is 3. The van der Waals surface area contributed by atoms with Crippen molar-refractivity contribution in [2.75, 3.05) is 5.73 Å². The molecule has 0 bridgehead atoms. The molecule has 2 fully saturated rings. The van der Waals surface area contributed by atoms with Crippen molar-refractivity contribution in [3.05, 3.63) is 144 Å². The van der Waals surface area contributed by atoms with Crippen LogP contribution in [0.4, 0.5) is 18.9 Å². The zero-order valence-electron chi connectivity index (χ0n) is 28.8. The fourth-order valence-corrected chi connectivity index (χ4v) is 7.34. The number of benzene rings is 2. The molecule has 54 heavy (non-hydrogen) atoms. The molecule has 4 aromatic heterocycles. The Kier molecular flexibility index (Phi) is 8.05. The number of carboxylic acid groups (broad SMARTS) is 1. The van der Waals surface area contributed by atoms with E-state index in [1.165, 1.54) is 41.8 Å². The topological polar surface area (TPSA) is 150 Å². The van der Waals surface area contributed by atoms with Crippen LogP contribution in [0.2, 0.25) is 0 Å². The van der Waals surface area contributed by atoms with Crippen LogP contribution < -0.4 is 16.9 Å². The van der Waals surface area contributed by atoms with Gasteiger partial charge in [0, 0.05) is 29.6 Å². The van der Waals surface area contributed by atoms with Crippen molar-refractivity contribution in [3.63, 3.8) is 0 Å². The number of aryl methyl sites for hydroxylation is 2. The van der Waals surface area contributed by atoms with Crippen molar-refractivity contribution in [1.29, 1.82) is 0 Å². The molecule has 2 aliphatic carbocycles. The van der Waals surface area contributed by atoms with Gasteiger partial charge >= 0.3 is 17.9 Å². The fraction of sp³-hybridized carbons (Fsp3) is 0.195. The number of esters is 2. The van der Waals surface area contributed by atoms with Gasteiger partial charge in [0.05, 0.1) is 22.3 Å². The minimum atomic E-state index is -1.34. The van der Waals surface area contributed by atoms with Crippen LogP contribution in [0, 0.1) is 31.3 Å². The van der Waals surface area contributed by atoms with Crippen LogP contribution in [0.5, 0.6) is 0 Å². The molecule has 8 rings (SSSR count). The van der Waals surface area contributed by atoms with E-state index < -0.39 is 68.9 Å². The average Bonchev–Trinajstić information content (AvgIpc) is 4.06. The maximum atomic E-state index is 15.7. The highest BCUT2D eigenvalue weighted by Gasteiger charge is 2.33. The van der Waals surface area contributed by atoms with E-state index in [0.717, 1.165) is 52.3 Å². The summed E-state index contributed by atoms with van der Waals surface area (Å²) in [6.07, 6.45) is 5.23. The molecule has 2 aromatic carbocycles. The minimum Gasteiger partial charge on any atom is -0.478 e. The number of aromatic carboxylic acids is 1. The molecule has 2 saturated carbocycles. The summed E-state index contributed by atoms with van der Waals surface area (Å²) < 4.78 is 52.5. The van der Waals surface area contributed by atoms with Gasteiger partial charge in [0.2, 0.25) is 0 Å². The molecule has 6 aromatic rings. The number of nitrogen functional groups attached to an aromatic ring is 1. The Balaban J connectivity index is 1.18. The van der Waals surface area contributed by atoms with Gasteiger partial charge in [-0.2, -0.15) is 0 Å². The van der Waals surface area contributed by atoms with E-state index in [9.17, 15) is 37.9 Å². The number of ether oxygens (including phenoxy) is 1. The largest absolute Gasteiger partial charge is 0.478 e. The first kappa shape index (κ1) is 34.6. The Labute approximate surface area is 303 Å². The van der Waals surface area contributed by atoms with E-state index in [-0.39, 0.29) is 34.0 Å². The summed E-state index contributed by atoms with van der Waals surface area (Å²) >= 11 is 0. The molecule has 0 amide bonds. The highest BCUT2D eigenvalue weighted by Crippen LogP contribution is 2.45. The summed E-state index contributed by atoms with van der Waals surface area (Å²) in [5.74, 6) is -6.79. The van der Waals surface area contributed by atoms with Gasteiger partial charge in [-0.25, -0.2) is 27.6 Å². The summed E-state index contributed by atoms with van der Waals surface area (Å²) in [4.78, 5) is 66.1. The maximum Gasteiger partial charge on any atom is 0.351 e. The molecule has 0 unspecified atom stereocenters. The number of pyridine rings is 4. The second-order valence-corrected chi connectivity index (χ2v) is 13.9. The molecule has 3 N–H and O–H groups in total. The second-order valence-electron chi connectivity index (χ2n) is 13.9. The number of hydrogen-bond donors (Lipinski definition) is 2. The zero-order valence-corrected chi connectivity index (χ0v) is 28.8. The lowest BCUT2D eigenvalue weighted by atomic mass is 9.95. The summed E-state index contributed by atoms with van der Waals surface area (Å²) in [6.45, 7) is 3.28. The highest BCUT2D eigenvalue weighted by molar-refractivity contribution is 6.03. The maximum absolute atomic E-state index is 15.7.